The van der Waals surface area contributed by atoms with Crippen LogP contribution in [-0.2, 0) is 10.0 Å². The fraction of sp³-hybridized carbons (Fsp3) is 0.150. The lowest BCUT2D eigenvalue weighted by Crippen LogP contribution is -2.14. The van der Waals surface area contributed by atoms with Gasteiger partial charge in [0.05, 0.1) is 16.8 Å². The number of nitrogens with zero attached hydrogens (tertiary/aromatic N) is 1. The first-order valence-electron chi connectivity index (χ1n) is 8.24. The van der Waals surface area contributed by atoms with Gasteiger partial charge in [0.15, 0.2) is 0 Å². The Morgan fingerprint density at radius 3 is 2.31 bits per heavy atom. The lowest BCUT2D eigenvalue weighted by molar-refractivity contribution is 0.600. The SMILES string of the molecule is Cc1ccc(S(=O)(=O)Nc2ccc(Nc3ccccc3C)nc2)c(C)c1. The number of aromatic nitrogens is 1. The number of aryl methyl sites for hydroxylation is 3. The van der Waals surface area contributed by atoms with Gasteiger partial charge in [-0.25, -0.2) is 13.4 Å². The molecule has 1 aromatic heterocycles. The number of nitrogens with one attached hydrogen (secondary N) is 2. The first kappa shape index (κ1) is 17.9. The van der Waals surface area contributed by atoms with Gasteiger partial charge in [0, 0.05) is 5.69 Å². The van der Waals surface area contributed by atoms with Gasteiger partial charge in [-0.1, -0.05) is 35.9 Å². The summed E-state index contributed by atoms with van der Waals surface area (Å²) >= 11 is 0. The van der Waals surface area contributed by atoms with Crippen molar-refractivity contribution in [2.45, 2.75) is 25.7 Å². The van der Waals surface area contributed by atoms with Crippen molar-refractivity contribution < 1.29 is 8.42 Å². The molecule has 134 valence electrons. The van der Waals surface area contributed by atoms with E-state index < -0.39 is 10.0 Å². The van der Waals surface area contributed by atoms with Crippen LogP contribution >= 0.6 is 0 Å². The highest BCUT2D eigenvalue weighted by Gasteiger charge is 2.17. The predicted octanol–water partition coefficient (Wildman–Crippen LogP) is 4.55. The van der Waals surface area contributed by atoms with Crippen molar-refractivity contribution in [3.63, 3.8) is 0 Å². The molecule has 3 aromatic rings. The summed E-state index contributed by atoms with van der Waals surface area (Å²) in [5, 5.41) is 3.22. The van der Waals surface area contributed by atoms with E-state index in [1.807, 2.05) is 44.2 Å². The van der Waals surface area contributed by atoms with Crippen LogP contribution in [0.15, 0.2) is 65.7 Å². The van der Waals surface area contributed by atoms with E-state index in [1.165, 1.54) is 6.20 Å². The Balaban J connectivity index is 1.77. The maximum Gasteiger partial charge on any atom is 0.262 e. The minimum absolute atomic E-state index is 0.269. The third-order valence-corrected chi connectivity index (χ3v) is 5.58. The quantitative estimate of drug-likeness (QED) is 0.694. The smallest absolute Gasteiger partial charge is 0.262 e. The average molecular weight is 367 g/mol. The first-order chi connectivity index (χ1) is 12.3. The molecular weight excluding hydrogens is 346 g/mol. The van der Waals surface area contributed by atoms with Crippen LogP contribution in [0.25, 0.3) is 0 Å². The van der Waals surface area contributed by atoms with Crippen LogP contribution in [0.2, 0.25) is 0 Å². The molecule has 0 atom stereocenters. The highest BCUT2D eigenvalue weighted by molar-refractivity contribution is 7.92. The fourth-order valence-electron chi connectivity index (χ4n) is 2.69. The van der Waals surface area contributed by atoms with Crippen molar-refractivity contribution >= 4 is 27.2 Å². The standard InChI is InChI=1S/C20H21N3O2S/c1-14-8-10-19(16(3)12-14)26(24,25)23-17-9-11-20(21-13-17)22-18-7-5-4-6-15(18)2/h4-13,23H,1-3H3,(H,21,22). The Morgan fingerprint density at radius 2 is 1.65 bits per heavy atom. The maximum atomic E-state index is 12.6. The van der Waals surface area contributed by atoms with E-state index in [1.54, 1.807) is 31.2 Å². The van der Waals surface area contributed by atoms with Gasteiger partial charge < -0.3 is 5.32 Å². The van der Waals surface area contributed by atoms with Gasteiger partial charge in [0.25, 0.3) is 10.0 Å². The molecule has 0 aliphatic heterocycles. The van der Waals surface area contributed by atoms with Gasteiger partial charge in [-0.2, -0.15) is 0 Å². The van der Waals surface area contributed by atoms with Gasteiger partial charge in [0.2, 0.25) is 0 Å². The van der Waals surface area contributed by atoms with E-state index in [0.717, 1.165) is 16.8 Å². The monoisotopic (exact) mass is 367 g/mol. The Morgan fingerprint density at radius 1 is 0.885 bits per heavy atom. The molecule has 0 spiro atoms. The summed E-state index contributed by atoms with van der Waals surface area (Å²) < 4.78 is 27.8. The molecule has 0 fully saturated rings. The second kappa shape index (κ2) is 7.17. The minimum atomic E-state index is -3.65. The summed E-state index contributed by atoms with van der Waals surface area (Å²) in [7, 11) is -3.65. The zero-order valence-corrected chi connectivity index (χ0v) is 15.8. The molecule has 2 N–H and O–H groups in total. The maximum absolute atomic E-state index is 12.6. The van der Waals surface area contributed by atoms with Crippen LogP contribution in [-0.4, -0.2) is 13.4 Å². The summed E-state index contributed by atoms with van der Waals surface area (Å²) in [6.07, 6.45) is 1.50. The molecule has 0 amide bonds. The number of rotatable bonds is 5. The molecule has 0 radical (unpaired) electrons. The zero-order valence-electron chi connectivity index (χ0n) is 14.9. The summed E-state index contributed by atoms with van der Waals surface area (Å²) in [5.41, 5.74) is 4.22. The Hall–Kier alpha value is -2.86. The topological polar surface area (TPSA) is 71.1 Å². The Kier molecular flexibility index (Phi) is 4.95. The van der Waals surface area contributed by atoms with E-state index in [9.17, 15) is 8.42 Å². The number of hydrogen-bond donors (Lipinski definition) is 2. The lowest BCUT2D eigenvalue weighted by atomic mass is 10.2. The van der Waals surface area contributed by atoms with Crippen LogP contribution in [0.4, 0.5) is 17.2 Å². The fourth-order valence-corrected chi connectivity index (χ4v) is 3.96. The Labute approximate surface area is 154 Å². The van der Waals surface area contributed by atoms with Crippen LogP contribution in [0.3, 0.4) is 0 Å². The van der Waals surface area contributed by atoms with Crippen LogP contribution in [0.1, 0.15) is 16.7 Å². The molecule has 5 nitrogen and oxygen atoms in total. The minimum Gasteiger partial charge on any atom is -0.340 e. The number of sulfonamides is 1. The predicted molar refractivity (Wildman–Crippen MR) is 105 cm³/mol. The largest absolute Gasteiger partial charge is 0.340 e. The van der Waals surface area contributed by atoms with Crippen molar-refractivity contribution in [2.75, 3.05) is 10.0 Å². The second-order valence-electron chi connectivity index (χ2n) is 6.25. The lowest BCUT2D eigenvalue weighted by Gasteiger charge is -2.12. The van der Waals surface area contributed by atoms with Crippen molar-refractivity contribution in [2.24, 2.45) is 0 Å². The average Bonchev–Trinajstić information content (AvgIpc) is 2.58. The molecule has 0 bridgehead atoms. The van der Waals surface area contributed by atoms with Crippen molar-refractivity contribution in [3.05, 3.63) is 77.5 Å². The van der Waals surface area contributed by atoms with E-state index in [-0.39, 0.29) is 4.90 Å². The number of pyridine rings is 1. The van der Waals surface area contributed by atoms with Crippen molar-refractivity contribution in [1.29, 1.82) is 0 Å². The number of benzene rings is 2. The third kappa shape index (κ3) is 4.03. The van der Waals surface area contributed by atoms with Crippen LogP contribution in [0.5, 0.6) is 0 Å². The number of hydrogen-bond acceptors (Lipinski definition) is 4. The molecule has 0 saturated heterocycles. The van der Waals surface area contributed by atoms with Crippen LogP contribution in [0, 0.1) is 20.8 Å². The van der Waals surface area contributed by atoms with Crippen molar-refractivity contribution in [1.82, 2.24) is 4.98 Å². The molecule has 0 unspecified atom stereocenters. The second-order valence-corrected chi connectivity index (χ2v) is 7.90. The molecule has 26 heavy (non-hydrogen) atoms. The third-order valence-electron chi connectivity index (χ3n) is 4.04. The van der Waals surface area contributed by atoms with E-state index in [2.05, 4.69) is 15.0 Å². The molecule has 2 aromatic carbocycles. The molecule has 0 saturated carbocycles. The number of anilines is 3. The van der Waals surface area contributed by atoms with Crippen molar-refractivity contribution in [3.8, 4) is 0 Å². The van der Waals surface area contributed by atoms with Gasteiger partial charge in [0.1, 0.15) is 5.82 Å². The molecule has 1 heterocycles. The molecular formula is C20H21N3O2S. The summed E-state index contributed by atoms with van der Waals surface area (Å²) in [6.45, 7) is 5.73. The van der Waals surface area contributed by atoms with Crippen LogP contribution < -0.4 is 10.0 Å². The van der Waals surface area contributed by atoms with E-state index in [0.29, 0.717) is 17.1 Å². The summed E-state index contributed by atoms with van der Waals surface area (Å²) in [4.78, 5) is 4.56. The van der Waals surface area contributed by atoms with Gasteiger partial charge >= 0.3 is 0 Å². The Bertz CT molecular complexity index is 1030. The molecule has 0 aliphatic carbocycles. The molecule has 0 aliphatic rings. The van der Waals surface area contributed by atoms with Gasteiger partial charge in [-0.05, 0) is 56.2 Å². The normalized spacial score (nSPS) is 11.2. The number of para-hydroxylation sites is 1. The molecule has 6 heteroatoms. The van der Waals surface area contributed by atoms with E-state index in [4.69, 9.17) is 0 Å². The van der Waals surface area contributed by atoms with E-state index >= 15 is 0 Å². The highest BCUT2D eigenvalue weighted by Crippen LogP contribution is 2.22. The summed E-state index contributed by atoms with van der Waals surface area (Å²) in [5.74, 6) is 0.647. The molecule has 3 rings (SSSR count). The zero-order chi connectivity index (χ0) is 18.7. The van der Waals surface area contributed by atoms with Gasteiger partial charge in [-0.3, -0.25) is 4.72 Å². The summed E-state index contributed by atoms with van der Waals surface area (Å²) in [6, 6.07) is 16.6. The first-order valence-corrected chi connectivity index (χ1v) is 9.72. The highest BCUT2D eigenvalue weighted by atomic mass is 32.2. The van der Waals surface area contributed by atoms with Gasteiger partial charge in [-0.15, -0.1) is 0 Å².